The van der Waals surface area contributed by atoms with Crippen LogP contribution in [-0.2, 0) is 0 Å². The lowest BCUT2D eigenvalue weighted by Crippen LogP contribution is -2.23. The molecule has 1 aromatic carbocycles. The predicted octanol–water partition coefficient (Wildman–Crippen LogP) is 4.49. The van der Waals surface area contributed by atoms with E-state index in [1.54, 1.807) is 5.57 Å². The number of rotatable bonds is 4. The van der Waals surface area contributed by atoms with Crippen LogP contribution in [-0.4, -0.2) is 6.54 Å². The second-order valence-electron chi connectivity index (χ2n) is 4.57. The third kappa shape index (κ3) is 3.34. The molecule has 1 aromatic rings. The fourth-order valence-electron chi connectivity index (χ4n) is 2.45. The first kappa shape index (κ1) is 12.7. The Bertz CT molecular complexity index is 380. The summed E-state index contributed by atoms with van der Waals surface area (Å²) in [6.45, 7) is 3.15. The molecule has 0 saturated carbocycles. The average Bonchev–Trinajstić information content (AvgIpc) is 2.38. The van der Waals surface area contributed by atoms with Crippen molar-refractivity contribution < 1.29 is 0 Å². The van der Waals surface area contributed by atoms with Gasteiger partial charge in [0, 0.05) is 5.02 Å². The van der Waals surface area contributed by atoms with Crippen molar-refractivity contribution >= 4 is 11.6 Å². The minimum atomic E-state index is 0.373. The lowest BCUT2D eigenvalue weighted by Gasteiger charge is -2.24. The van der Waals surface area contributed by atoms with Gasteiger partial charge in [0.1, 0.15) is 0 Å². The first-order valence-corrected chi connectivity index (χ1v) is 6.87. The largest absolute Gasteiger partial charge is 0.307 e. The summed E-state index contributed by atoms with van der Waals surface area (Å²) in [5.74, 6) is 0. The van der Waals surface area contributed by atoms with Crippen LogP contribution in [0.1, 0.15) is 44.2 Å². The molecule has 0 radical (unpaired) electrons. The molecule has 2 heteroatoms. The van der Waals surface area contributed by atoms with Crippen molar-refractivity contribution in [3.63, 3.8) is 0 Å². The van der Waals surface area contributed by atoms with Crippen molar-refractivity contribution in [3.8, 4) is 0 Å². The van der Waals surface area contributed by atoms with Gasteiger partial charge in [0.25, 0.3) is 0 Å². The van der Waals surface area contributed by atoms with Crippen molar-refractivity contribution in [2.24, 2.45) is 0 Å². The highest BCUT2D eigenvalue weighted by atomic mass is 35.5. The first-order valence-electron chi connectivity index (χ1n) is 6.49. The fourth-order valence-corrected chi connectivity index (χ4v) is 2.57. The molecule has 1 atom stereocenters. The summed E-state index contributed by atoms with van der Waals surface area (Å²) >= 11 is 5.94. The van der Waals surface area contributed by atoms with Crippen LogP contribution in [0, 0.1) is 0 Å². The predicted molar refractivity (Wildman–Crippen MR) is 74.4 cm³/mol. The lowest BCUT2D eigenvalue weighted by molar-refractivity contribution is 0.564. The third-order valence-electron chi connectivity index (χ3n) is 3.31. The van der Waals surface area contributed by atoms with Crippen molar-refractivity contribution in [1.29, 1.82) is 0 Å². The molecule has 0 aromatic heterocycles. The molecule has 1 nitrogen and oxygen atoms in total. The van der Waals surface area contributed by atoms with Gasteiger partial charge in [-0.25, -0.2) is 0 Å². The van der Waals surface area contributed by atoms with Crippen molar-refractivity contribution in [2.45, 2.75) is 38.6 Å². The summed E-state index contributed by atoms with van der Waals surface area (Å²) in [6.07, 6.45) is 7.51. The minimum absolute atomic E-state index is 0.373. The van der Waals surface area contributed by atoms with Gasteiger partial charge >= 0.3 is 0 Å². The lowest BCUT2D eigenvalue weighted by atomic mass is 9.90. The standard InChI is InChI=1S/C15H20ClN/c1-2-17-15(12-6-4-3-5-7-12)13-8-10-14(16)11-9-13/h6,8-11,15,17H,2-5,7H2,1H3. The quantitative estimate of drug-likeness (QED) is 0.776. The summed E-state index contributed by atoms with van der Waals surface area (Å²) in [5.41, 5.74) is 2.87. The van der Waals surface area contributed by atoms with Gasteiger partial charge in [-0.15, -0.1) is 0 Å². The maximum absolute atomic E-state index is 5.94. The van der Waals surface area contributed by atoms with Gasteiger partial charge in [-0.3, -0.25) is 0 Å². The Hall–Kier alpha value is -0.790. The van der Waals surface area contributed by atoms with Gasteiger partial charge < -0.3 is 5.32 Å². The second-order valence-corrected chi connectivity index (χ2v) is 5.00. The smallest absolute Gasteiger partial charge is 0.0535 e. The Morgan fingerprint density at radius 3 is 2.59 bits per heavy atom. The monoisotopic (exact) mass is 249 g/mol. The van der Waals surface area contributed by atoms with Crippen molar-refractivity contribution in [1.82, 2.24) is 5.32 Å². The number of benzene rings is 1. The van der Waals surface area contributed by atoms with Crippen LogP contribution >= 0.6 is 11.6 Å². The van der Waals surface area contributed by atoms with Gasteiger partial charge in [0.2, 0.25) is 0 Å². The maximum atomic E-state index is 5.94. The van der Waals surface area contributed by atoms with Crippen LogP contribution in [0.4, 0.5) is 0 Å². The minimum Gasteiger partial charge on any atom is -0.307 e. The van der Waals surface area contributed by atoms with Crippen LogP contribution in [0.25, 0.3) is 0 Å². The van der Waals surface area contributed by atoms with Crippen LogP contribution in [0.15, 0.2) is 35.9 Å². The second kappa shape index (κ2) is 6.23. The Labute approximate surface area is 109 Å². The Kier molecular flexibility index (Phi) is 4.64. The Morgan fingerprint density at radius 2 is 2.00 bits per heavy atom. The molecule has 1 N–H and O–H groups in total. The van der Waals surface area contributed by atoms with E-state index < -0.39 is 0 Å². The van der Waals surface area contributed by atoms with E-state index in [2.05, 4.69) is 30.4 Å². The molecule has 2 rings (SSSR count). The molecule has 17 heavy (non-hydrogen) atoms. The molecular weight excluding hydrogens is 230 g/mol. The van der Waals surface area contributed by atoms with E-state index >= 15 is 0 Å². The normalized spacial score (nSPS) is 17.6. The van der Waals surface area contributed by atoms with E-state index in [0.717, 1.165) is 11.6 Å². The molecule has 0 aliphatic heterocycles. The number of hydrogen-bond acceptors (Lipinski definition) is 1. The molecule has 0 spiro atoms. The van der Waals surface area contributed by atoms with Crippen LogP contribution in [0.5, 0.6) is 0 Å². The molecule has 0 fully saturated rings. The molecular formula is C15H20ClN. The number of likely N-dealkylation sites (N-methyl/N-ethyl adjacent to an activating group) is 1. The van der Waals surface area contributed by atoms with Gasteiger partial charge in [0.15, 0.2) is 0 Å². The van der Waals surface area contributed by atoms with Gasteiger partial charge in [-0.1, -0.05) is 42.3 Å². The molecule has 1 unspecified atom stereocenters. The highest BCUT2D eigenvalue weighted by Gasteiger charge is 2.16. The molecule has 1 aliphatic carbocycles. The molecule has 0 bridgehead atoms. The number of nitrogens with one attached hydrogen (secondary N) is 1. The summed E-state index contributed by atoms with van der Waals surface area (Å²) in [5, 5.41) is 4.38. The van der Waals surface area contributed by atoms with E-state index in [1.807, 2.05) is 12.1 Å². The van der Waals surface area contributed by atoms with E-state index in [1.165, 1.54) is 31.2 Å². The zero-order valence-corrected chi connectivity index (χ0v) is 11.1. The van der Waals surface area contributed by atoms with E-state index in [0.29, 0.717) is 6.04 Å². The molecule has 0 heterocycles. The van der Waals surface area contributed by atoms with Crippen molar-refractivity contribution in [2.75, 3.05) is 6.54 Å². The average molecular weight is 250 g/mol. The van der Waals surface area contributed by atoms with Gasteiger partial charge in [-0.05, 0) is 49.9 Å². The SMILES string of the molecule is CCNC(C1=CCCCC1)c1ccc(Cl)cc1. The zero-order chi connectivity index (χ0) is 12.1. The number of hydrogen-bond donors (Lipinski definition) is 1. The first-order chi connectivity index (χ1) is 8.31. The fraction of sp³-hybridized carbons (Fsp3) is 0.467. The van der Waals surface area contributed by atoms with Crippen LogP contribution in [0.3, 0.4) is 0 Å². The Morgan fingerprint density at radius 1 is 1.24 bits per heavy atom. The molecule has 0 saturated heterocycles. The number of halogens is 1. The van der Waals surface area contributed by atoms with Gasteiger partial charge in [0.05, 0.1) is 6.04 Å². The summed E-state index contributed by atoms with van der Waals surface area (Å²) < 4.78 is 0. The summed E-state index contributed by atoms with van der Waals surface area (Å²) in [6, 6.07) is 8.59. The molecule has 0 amide bonds. The highest BCUT2D eigenvalue weighted by molar-refractivity contribution is 6.30. The maximum Gasteiger partial charge on any atom is 0.0535 e. The third-order valence-corrected chi connectivity index (χ3v) is 3.56. The Balaban J connectivity index is 2.21. The molecule has 92 valence electrons. The zero-order valence-electron chi connectivity index (χ0n) is 10.4. The van der Waals surface area contributed by atoms with E-state index in [-0.39, 0.29) is 0 Å². The summed E-state index contributed by atoms with van der Waals surface area (Å²) in [4.78, 5) is 0. The van der Waals surface area contributed by atoms with Crippen LogP contribution in [0.2, 0.25) is 5.02 Å². The summed E-state index contributed by atoms with van der Waals surface area (Å²) in [7, 11) is 0. The molecule has 1 aliphatic rings. The van der Waals surface area contributed by atoms with Crippen LogP contribution < -0.4 is 5.32 Å². The van der Waals surface area contributed by atoms with Crippen molar-refractivity contribution in [3.05, 3.63) is 46.5 Å². The van der Waals surface area contributed by atoms with Gasteiger partial charge in [-0.2, -0.15) is 0 Å². The topological polar surface area (TPSA) is 12.0 Å². The highest BCUT2D eigenvalue weighted by Crippen LogP contribution is 2.30. The van der Waals surface area contributed by atoms with E-state index in [9.17, 15) is 0 Å². The number of allylic oxidation sites excluding steroid dienone is 1. The van der Waals surface area contributed by atoms with E-state index in [4.69, 9.17) is 11.6 Å².